The minimum absolute atomic E-state index is 0.315. The van der Waals surface area contributed by atoms with Gasteiger partial charge in [-0.1, -0.05) is 63.3 Å². The molecule has 0 bridgehead atoms. The first-order valence-electron chi connectivity index (χ1n) is 12.2. The predicted octanol–water partition coefficient (Wildman–Crippen LogP) is 7.84. The molecule has 0 aliphatic carbocycles. The van der Waals surface area contributed by atoms with Gasteiger partial charge in [0.15, 0.2) is 0 Å². The fourth-order valence-corrected chi connectivity index (χ4v) is 3.67. The summed E-state index contributed by atoms with van der Waals surface area (Å²) in [6.45, 7) is 8.19. The van der Waals surface area contributed by atoms with Crippen LogP contribution in [0.15, 0.2) is 55.4 Å². The molecule has 0 aliphatic heterocycles. The Morgan fingerprint density at radius 3 is 1.92 bits per heavy atom. The number of aromatic nitrogens is 2. The average Bonchev–Trinajstić information content (AvgIpc) is 3.21. The Balaban J connectivity index is 0.000000809. The number of carbonyl (C=O) groups excluding carboxylic acids is 1. The average molecular weight is 633 g/mol. The van der Waals surface area contributed by atoms with Crippen LogP contribution < -0.4 is 4.57 Å². The van der Waals surface area contributed by atoms with Gasteiger partial charge in [-0.25, -0.2) is 13.9 Å². The Kier molecular flexibility index (Phi) is 12.6. The number of hydrogen-bond acceptors (Lipinski definition) is 2. The van der Waals surface area contributed by atoms with Crippen LogP contribution in [0, 0.1) is 0 Å². The summed E-state index contributed by atoms with van der Waals surface area (Å²) in [5.41, 5.74) is 1.29. The van der Waals surface area contributed by atoms with Crippen molar-refractivity contribution in [3.8, 4) is 11.4 Å². The van der Waals surface area contributed by atoms with E-state index in [1.807, 2.05) is 0 Å². The number of esters is 1. The van der Waals surface area contributed by atoms with Crippen molar-refractivity contribution in [2.24, 2.45) is 0 Å². The molecule has 1 aromatic carbocycles. The molecule has 11 heteroatoms. The molecule has 0 unspecified atom stereocenters. The summed E-state index contributed by atoms with van der Waals surface area (Å²) >= 11 is -11.2. The number of imidazole rings is 1. The summed E-state index contributed by atoms with van der Waals surface area (Å²) in [4.78, 5) is 10.9. The van der Waals surface area contributed by atoms with Crippen LogP contribution in [0.2, 0.25) is 0 Å². The molecular weight excluding hydrogens is 596 g/mol. The van der Waals surface area contributed by atoms with Gasteiger partial charge >= 0.3 is 42.3 Å². The fraction of sp³-hybridized carbons (Fsp3) is 0.520. The molecule has 0 N–H and O–H groups in total. The molecule has 206 valence electrons. The second-order valence-corrected chi connectivity index (χ2v) is 13.9. The maximum atomic E-state index is 10.9. The molecule has 4 nitrogen and oxygen atoms in total. The zero-order chi connectivity index (χ0) is 27.1. The van der Waals surface area contributed by atoms with Gasteiger partial charge in [-0.05, 0) is 38.3 Å². The van der Waals surface area contributed by atoms with Crippen molar-refractivity contribution in [2.45, 2.75) is 77.8 Å². The molecule has 0 amide bonds. The van der Waals surface area contributed by atoms with Crippen molar-refractivity contribution in [3.63, 3.8) is 0 Å². The molecule has 0 spiro atoms. The number of ether oxygens (including phenoxy) is 1. The first-order valence-corrected chi connectivity index (χ1v) is 18.0. The first kappa shape index (κ1) is 32.1. The van der Waals surface area contributed by atoms with Crippen molar-refractivity contribution in [1.29, 1.82) is 0 Å². The summed E-state index contributed by atoms with van der Waals surface area (Å²) in [6.07, 6.45) is 16.7. The number of nitrogens with zero attached hydrogens (tertiary/aromatic N) is 2. The van der Waals surface area contributed by atoms with Crippen LogP contribution >= 0.6 is 0 Å². The van der Waals surface area contributed by atoms with Crippen molar-refractivity contribution < 1.29 is 31.0 Å². The number of unbranched alkanes of at least 4 members (excludes halogenated alkanes) is 8. The van der Waals surface area contributed by atoms with Gasteiger partial charge in [-0.2, -0.15) is 0 Å². The third-order valence-electron chi connectivity index (χ3n) is 5.30. The quantitative estimate of drug-likeness (QED) is 0.0501. The molecule has 0 aliphatic rings. The number of aryl methyl sites for hydroxylation is 2. The van der Waals surface area contributed by atoms with E-state index in [1.54, 1.807) is 0 Å². The molecular formula is C25H37F6N2O2Sb. The molecule has 2 aromatic rings. The Labute approximate surface area is 211 Å². The van der Waals surface area contributed by atoms with Crippen molar-refractivity contribution >= 4 is 25.4 Å². The molecule has 1 heterocycles. The van der Waals surface area contributed by atoms with Gasteiger partial charge in [0, 0.05) is 6.08 Å². The summed E-state index contributed by atoms with van der Waals surface area (Å²) in [6, 6.07) is 10.7. The Hall–Kier alpha value is -1.96. The van der Waals surface area contributed by atoms with E-state index in [-0.39, 0.29) is 5.97 Å². The van der Waals surface area contributed by atoms with Crippen molar-refractivity contribution in [2.75, 3.05) is 6.61 Å². The monoisotopic (exact) mass is 632 g/mol. The topological polar surface area (TPSA) is 35.1 Å². The van der Waals surface area contributed by atoms with Gasteiger partial charge < -0.3 is 4.74 Å². The second kappa shape index (κ2) is 14.1. The zero-order valence-corrected chi connectivity index (χ0v) is 23.3. The Morgan fingerprint density at radius 2 is 1.42 bits per heavy atom. The van der Waals surface area contributed by atoms with E-state index in [9.17, 15) is 21.7 Å². The molecule has 0 atom stereocenters. The number of hydrogen-bond donors (Lipinski definition) is 0. The molecule has 36 heavy (non-hydrogen) atoms. The fourth-order valence-electron chi connectivity index (χ4n) is 3.67. The Morgan fingerprint density at radius 1 is 0.917 bits per heavy atom. The van der Waals surface area contributed by atoms with Gasteiger partial charge in [0.05, 0.1) is 25.3 Å². The number of benzene rings is 1. The Bertz CT molecular complexity index is 920. The normalized spacial score (nSPS) is 13.2. The zero-order valence-electron chi connectivity index (χ0n) is 20.7. The molecule has 0 radical (unpaired) electrons. The number of carbonyl (C=O) groups is 1. The van der Waals surface area contributed by atoms with Crippen molar-refractivity contribution in [3.05, 3.63) is 55.4 Å². The standard InChI is InChI=1S/C25H37N2O2.6FH.Sb/c1-3-24(28)29-22-16-11-9-7-5-6-8-10-15-19-27-21-20-26(4-2)25(27)23-17-13-12-14-18-23;;;;;;;/h3,12-14,17-18,20-21H,1,4-11,15-16,19,22H2,2H3;6*1H;/q+1;;;;;;;+5/p-6. The molecule has 2 rings (SSSR count). The number of rotatable bonds is 15. The van der Waals surface area contributed by atoms with Crippen LogP contribution in [0.1, 0.15) is 64.7 Å². The third kappa shape index (κ3) is 17.5. The van der Waals surface area contributed by atoms with E-state index in [0.717, 1.165) is 25.9 Å². The van der Waals surface area contributed by atoms with E-state index >= 15 is 0 Å². The molecule has 0 fully saturated rings. The van der Waals surface area contributed by atoms with Crippen LogP contribution in [0.4, 0.5) is 16.9 Å². The third-order valence-corrected chi connectivity index (χ3v) is 5.30. The summed E-state index contributed by atoms with van der Waals surface area (Å²) in [5.74, 6) is 0.997. The van der Waals surface area contributed by atoms with E-state index < -0.39 is 19.5 Å². The maximum absolute atomic E-state index is 11.2. The van der Waals surface area contributed by atoms with Crippen LogP contribution in [-0.4, -0.2) is 36.6 Å². The van der Waals surface area contributed by atoms with E-state index in [1.165, 1.54) is 62.4 Å². The summed E-state index contributed by atoms with van der Waals surface area (Å²) in [5, 5.41) is 0. The molecule has 0 saturated carbocycles. The van der Waals surface area contributed by atoms with E-state index in [2.05, 4.69) is 65.4 Å². The summed E-state index contributed by atoms with van der Waals surface area (Å²) < 4.78 is 69.3. The van der Waals surface area contributed by atoms with Crippen LogP contribution in [0.3, 0.4) is 0 Å². The SMILES string of the molecule is C=CC(=O)OCCCCCCCCCCCn1cc[n+](CC)c1-c1ccccc1.[F][Sb-]([F])([F])([F])([F])[F]. The van der Waals surface area contributed by atoms with Gasteiger partial charge in [0.2, 0.25) is 0 Å². The van der Waals surface area contributed by atoms with Crippen LogP contribution in [0.5, 0.6) is 0 Å². The van der Waals surface area contributed by atoms with Crippen molar-refractivity contribution in [1.82, 2.24) is 4.57 Å². The predicted molar refractivity (Wildman–Crippen MR) is 131 cm³/mol. The molecule has 1 aromatic heterocycles. The number of halogens is 6. The summed E-state index contributed by atoms with van der Waals surface area (Å²) in [7, 11) is 0. The van der Waals surface area contributed by atoms with E-state index in [4.69, 9.17) is 4.74 Å². The molecule has 0 saturated heterocycles. The second-order valence-electron chi connectivity index (χ2n) is 8.48. The van der Waals surface area contributed by atoms with Crippen LogP contribution in [0.25, 0.3) is 11.4 Å². The van der Waals surface area contributed by atoms with Crippen LogP contribution in [-0.2, 0) is 22.6 Å². The first-order chi connectivity index (χ1) is 16.7. The van der Waals surface area contributed by atoms with Gasteiger partial charge in [0.1, 0.15) is 12.4 Å². The van der Waals surface area contributed by atoms with Gasteiger partial charge in [-0.3, -0.25) is 0 Å². The van der Waals surface area contributed by atoms with E-state index in [0.29, 0.717) is 6.61 Å². The van der Waals surface area contributed by atoms with Gasteiger partial charge in [0.25, 0.3) is 5.82 Å². The minimum atomic E-state index is -11.2. The van der Waals surface area contributed by atoms with Gasteiger partial charge in [-0.15, -0.1) is 0 Å².